The molecule has 1 aromatic rings. The van der Waals surface area contributed by atoms with Crippen LogP contribution in [-0.4, -0.2) is 19.0 Å². The number of aromatic nitrogens is 1. The molecule has 1 heterocycles. The molecule has 0 aliphatic heterocycles. The second-order valence-electron chi connectivity index (χ2n) is 4.84. The summed E-state index contributed by atoms with van der Waals surface area (Å²) in [6, 6.07) is 3.76. The number of amides is 1. The molecule has 0 fully saturated rings. The van der Waals surface area contributed by atoms with Crippen LogP contribution in [0, 0.1) is 0 Å². The van der Waals surface area contributed by atoms with E-state index in [0.717, 1.165) is 5.56 Å². The number of nitrogens with one attached hydrogen (secondary N) is 1. The van der Waals surface area contributed by atoms with Crippen molar-refractivity contribution in [2.24, 2.45) is 0 Å². The predicted molar refractivity (Wildman–Crippen MR) is 70.9 cm³/mol. The van der Waals surface area contributed by atoms with Gasteiger partial charge in [0.25, 0.3) is 0 Å². The third kappa shape index (κ3) is 3.31. The Balaban J connectivity index is 2.87. The highest BCUT2D eigenvalue weighted by Gasteiger charge is 2.19. The lowest BCUT2D eigenvalue weighted by atomic mass is 10.3. The smallest absolute Gasteiger partial charge is 0.222 e. The number of hydrogen-bond acceptors (Lipinski definition) is 2. The fraction of sp³-hybridized carbons (Fsp3) is 0.333. The predicted octanol–water partition coefficient (Wildman–Crippen LogP) is 2.93. The SMILES string of the molecule is C=C(c1ccc(NC(C)=O)nc1)[Si](C)(C)C. The van der Waals surface area contributed by atoms with Crippen molar-refractivity contribution in [2.75, 3.05) is 5.32 Å². The molecule has 4 heteroatoms. The number of rotatable bonds is 3. The molecule has 16 heavy (non-hydrogen) atoms. The maximum absolute atomic E-state index is 10.8. The monoisotopic (exact) mass is 234 g/mol. The van der Waals surface area contributed by atoms with Gasteiger partial charge in [-0.25, -0.2) is 4.98 Å². The van der Waals surface area contributed by atoms with Crippen LogP contribution >= 0.6 is 0 Å². The zero-order chi connectivity index (χ0) is 12.3. The Hall–Kier alpha value is -1.42. The molecule has 0 unspecified atom stereocenters. The van der Waals surface area contributed by atoms with E-state index in [2.05, 4.69) is 36.5 Å². The molecule has 0 spiro atoms. The molecule has 0 radical (unpaired) electrons. The van der Waals surface area contributed by atoms with Crippen molar-refractivity contribution >= 4 is 25.0 Å². The summed E-state index contributed by atoms with van der Waals surface area (Å²) in [5.74, 6) is 0.476. The molecule has 1 rings (SSSR count). The number of anilines is 1. The van der Waals surface area contributed by atoms with Crippen molar-refractivity contribution in [1.29, 1.82) is 0 Å². The Labute approximate surface area is 97.6 Å². The Kier molecular flexibility index (Phi) is 3.65. The van der Waals surface area contributed by atoms with Crippen molar-refractivity contribution < 1.29 is 4.79 Å². The lowest BCUT2D eigenvalue weighted by Crippen LogP contribution is -2.22. The van der Waals surface area contributed by atoms with Crippen molar-refractivity contribution in [3.63, 3.8) is 0 Å². The maximum Gasteiger partial charge on any atom is 0.222 e. The van der Waals surface area contributed by atoms with Gasteiger partial charge in [-0.05, 0) is 17.7 Å². The second kappa shape index (κ2) is 4.61. The fourth-order valence-electron chi connectivity index (χ4n) is 1.26. The minimum atomic E-state index is -1.37. The Morgan fingerprint density at radius 2 is 2.00 bits per heavy atom. The van der Waals surface area contributed by atoms with Crippen LogP contribution in [0.25, 0.3) is 5.20 Å². The zero-order valence-electron chi connectivity index (χ0n) is 10.3. The Morgan fingerprint density at radius 3 is 2.38 bits per heavy atom. The molecule has 3 nitrogen and oxygen atoms in total. The quantitative estimate of drug-likeness (QED) is 0.817. The van der Waals surface area contributed by atoms with Crippen molar-refractivity contribution in [3.8, 4) is 0 Å². The summed E-state index contributed by atoms with van der Waals surface area (Å²) >= 11 is 0. The summed E-state index contributed by atoms with van der Waals surface area (Å²) in [7, 11) is -1.37. The van der Waals surface area contributed by atoms with Crippen molar-refractivity contribution in [3.05, 3.63) is 30.5 Å². The maximum atomic E-state index is 10.8. The molecule has 0 atom stereocenters. The first-order valence-electron chi connectivity index (χ1n) is 5.24. The van der Waals surface area contributed by atoms with Crippen LogP contribution in [0.4, 0.5) is 5.82 Å². The first kappa shape index (κ1) is 12.6. The van der Waals surface area contributed by atoms with E-state index in [4.69, 9.17) is 0 Å². The van der Waals surface area contributed by atoms with E-state index in [-0.39, 0.29) is 5.91 Å². The minimum absolute atomic E-state index is 0.107. The van der Waals surface area contributed by atoms with Gasteiger partial charge in [0.05, 0.1) is 8.07 Å². The average molecular weight is 234 g/mol. The van der Waals surface area contributed by atoms with Crippen LogP contribution in [0.1, 0.15) is 12.5 Å². The van der Waals surface area contributed by atoms with Crippen LogP contribution < -0.4 is 5.32 Å². The second-order valence-corrected chi connectivity index (χ2v) is 9.95. The largest absolute Gasteiger partial charge is 0.311 e. The van der Waals surface area contributed by atoms with Gasteiger partial charge in [0.2, 0.25) is 5.91 Å². The van der Waals surface area contributed by atoms with Gasteiger partial charge in [-0.1, -0.05) is 31.4 Å². The summed E-state index contributed by atoms with van der Waals surface area (Å²) in [4.78, 5) is 15.0. The van der Waals surface area contributed by atoms with Gasteiger partial charge in [0.15, 0.2) is 0 Å². The van der Waals surface area contributed by atoms with Crippen LogP contribution in [-0.2, 0) is 4.79 Å². The molecule has 1 aromatic heterocycles. The van der Waals surface area contributed by atoms with Gasteiger partial charge in [0.1, 0.15) is 5.82 Å². The third-order valence-electron chi connectivity index (χ3n) is 2.32. The van der Waals surface area contributed by atoms with E-state index in [1.54, 1.807) is 6.20 Å². The lowest BCUT2D eigenvalue weighted by Gasteiger charge is -2.19. The molecule has 86 valence electrons. The third-order valence-corrected chi connectivity index (χ3v) is 4.42. The number of pyridine rings is 1. The highest BCUT2D eigenvalue weighted by Crippen LogP contribution is 2.23. The van der Waals surface area contributed by atoms with Crippen LogP contribution in [0.2, 0.25) is 19.6 Å². The first-order chi connectivity index (χ1) is 7.30. The number of hydrogen-bond donors (Lipinski definition) is 1. The molecule has 0 saturated heterocycles. The van der Waals surface area contributed by atoms with Gasteiger partial charge in [-0.2, -0.15) is 0 Å². The highest BCUT2D eigenvalue weighted by molar-refractivity contribution is 6.93. The Bertz CT molecular complexity index is 404. The minimum Gasteiger partial charge on any atom is -0.311 e. The van der Waals surface area contributed by atoms with Gasteiger partial charge >= 0.3 is 0 Å². The number of carbonyl (C=O) groups is 1. The first-order valence-corrected chi connectivity index (χ1v) is 8.74. The summed E-state index contributed by atoms with van der Waals surface area (Å²) < 4.78 is 0. The van der Waals surface area contributed by atoms with Crippen molar-refractivity contribution in [2.45, 2.75) is 26.6 Å². The van der Waals surface area contributed by atoms with E-state index >= 15 is 0 Å². The fourth-order valence-corrected chi connectivity index (χ4v) is 2.27. The molecule has 0 aromatic carbocycles. The molecule has 0 bridgehead atoms. The number of carbonyl (C=O) groups excluding carboxylic acids is 1. The summed E-state index contributed by atoms with van der Waals surface area (Å²) in [5, 5.41) is 3.82. The molecule has 0 saturated carbocycles. The van der Waals surface area contributed by atoms with Gasteiger partial charge in [-0.15, -0.1) is 0 Å². The van der Waals surface area contributed by atoms with Crippen LogP contribution in [0.5, 0.6) is 0 Å². The zero-order valence-corrected chi connectivity index (χ0v) is 11.3. The topological polar surface area (TPSA) is 42.0 Å². The average Bonchev–Trinajstić information content (AvgIpc) is 2.15. The summed E-state index contributed by atoms with van der Waals surface area (Å²) in [5.41, 5.74) is 1.06. The molecule has 1 amide bonds. The summed E-state index contributed by atoms with van der Waals surface area (Å²) in [6.45, 7) is 12.3. The standard InChI is InChI=1S/C12H18N2OSi/c1-9(16(3,4)5)11-6-7-12(13-8-11)14-10(2)15/h6-8H,1H2,2-5H3,(H,13,14,15). The van der Waals surface area contributed by atoms with Crippen LogP contribution in [0.15, 0.2) is 24.9 Å². The van der Waals surface area contributed by atoms with Crippen molar-refractivity contribution in [1.82, 2.24) is 4.98 Å². The van der Waals surface area contributed by atoms with E-state index in [1.165, 1.54) is 12.1 Å². The molecular formula is C12H18N2OSi. The molecule has 0 aliphatic carbocycles. The lowest BCUT2D eigenvalue weighted by molar-refractivity contribution is -0.114. The van der Waals surface area contributed by atoms with Crippen LogP contribution in [0.3, 0.4) is 0 Å². The van der Waals surface area contributed by atoms with Gasteiger partial charge < -0.3 is 5.32 Å². The molecule has 0 aliphatic rings. The van der Waals surface area contributed by atoms with E-state index in [9.17, 15) is 4.79 Å². The van der Waals surface area contributed by atoms with E-state index < -0.39 is 8.07 Å². The summed E-state index contributed by atoms with van der Waals surface area (Å²) in [6.07, 6.45) is 1.77. The van der Waals surface area contributed by atoms with E-state index in [0.29, 0.717) is 5.82 Å². The highest BCUT2D eigenvalue weighted by atomic mass is 28.3. The van der Waals surface area contributed by atoms with Gasteiger partial charge in [0, 0.05) is 13.1 Å². The molecular weight excluding hydrogens is 216 g/mol. The Morgan fingerprint density at radius 1 is 1.38 bits per heavy atom. The number of nitrogens with zero attached hydrogens (tertiary/aromatic N) is 1. The molecule has 1 N–H and O–H groups in total. The van der Waals surface area contributed by atoms with Gasteiger partial charge in [-0.3, -0.25) is 4.79 Å². The normalized spacial score (nSPS) is 11.0. The van der Waals surface area contributed by atoms with E-state index in [1.807, 2.05) is 12.1 Å².